The largest absolute Gasteiger partial charge is 0.493 e. The van der Waals surface area contributed by atoms with Gasteiger partial charge in [-0.25, -0.2) is 9.97 Å². The van der Waals surface area contributed by atoms with Crippen molar-refractivity contribution in [2.75, 3.05) is 32.6 Å². The zero-order chi connectivity index (χ0) is 15.5. The highest BCUT2D eigenvalue weighted by Gasteiger charge is 2.17. The number of rotatable bonds is 4. The Labute approximate surface area is 134 Å². The Hall–Kier alpha value is -1.79. The molecule has 0 atom stereocenters. The summed E-state index contributed by atoms with van der Waals surface area (Å²) in [6, 6.07) is 4.08. The molecule has 3 rings (SSSR count). The van der Waals surface area contributed by atoms with Crippen LogP contribution in [0.1, 0.15) is 12.8 Å². The average molecular weight is 323 g/mol. The monoisotopic (exact) mass is 322 g/mol. The minimum absolute atomic E-state index is 0.219. The molecule has 0 amide bonds. The van der Waals surface area contributed by atoms with Crippen molar-refractivity contribution >= 4 is 28.3 Å². The molecule has 0 aliphatic carbocycles. The third-order valence-electron chi connectivity index (χ3n) is 3.85. The Morgan fingerprint density at radius 3 is 2.50 bits per heavy atom. The van der Waals surface area contributed by atoms with E-state index < -0.39 is 0 Å². The number of fused-ring (bicyclic) bond motifs is 1. The number of nitrogens with one attached hydrogen (secondary N) is 2. The first-order valence-electron chi connectivity index (χ1n) is 7.28. The molecule has 0 saturated carbocycles. The Kier molecular flexibility index (Phi) is 4.49. The summed E-state index contributed by atoms with van der Waals surface area (Å²) in [5, 5.41) is 7.92. The molecule has 0 unspecified atom stereocenters. The summed E-state index contributed by atoms with van der Waals surface area (Å²) in [5.74, 6) is 2.01. The number of piperidine rings is 1. The van der Waals surface area contributed by atoms with E-state index in [1.807, 2.05) is 12.1 Å². The fourth-order valence-corrected chi connectivity index (χ4v) is 2.87. The number of methoxy groups -OCH3 is 2. The summed E-state index contributed by atoms with van der Waals surface area (Å²) in [4.78, 5) is 8.63. The quantitative estimate of drug-likeness (QED) is 0.843. The van der Waals surface area contributed by atoms with Gasteiger partial charge >= 0.3 is 0 Å². The minimum Gasteiger partial charge on any atom is -0.493 e. The summed E-state index contributed by atoms with van der Waals surface area (Å²) in [5.41, 5.74) is 0.731. The molecule has 0 radical (unpaired) electrons. The maximum atomic E-state index is 6.06. The first-order valence-corrected chi connectivity index (χ1v) is 7.65. The number of hydrogen-bond donors (Lipinski definition) is 2. The number of anilines is 1. The molecule has 6 nitrogen and oxygen atoms in total. The van der Waals surface area contributed by atoms with E-state index >= 15 is 0 Å². The molecule has 1 aromatic carbocycles. The van der Waals surface area contributed by atoms with Gasteiger partial charge in [0.15, 0.2) is 11.5 Å². The molecule has 2 aromatic rings. The van der Waals surface area contributed by atoms with Crippen molar-refractivity contribution in [3.05, 3.63) is 17.4 Å². The van der Waals surface area contributed by atoms with Crippen molar-refractivity contribution in [1.82, 2.24) is 15.3 Å². The van der Waals surface area contributed by atoms with E-state index in [0.29, 0.717) is 17.5 Å². The molecule has 1 aliphatic heterocycles. The third-order valence-corrected chi connectivity index (χ3v) is 4.02. The second-order valence-corrected chi connectivity index (χ2v) is 5.57. The molecule has 2 heterocycles. The highest BCUT2D eigenvalue weighted by atomic mass is 35.5. The van der Waals surface area contributed by atoms with Crippen LogP contribution in [0.25, 0.3) is 10.9 Å². The van der Waals surface area contributed by atoms with Crippen LogP contribution in [-0.4, -0.2) is 43.3 Å². The van der Waals surface area contributed by atoms with Crippen LogP contribution in [0, 0.1) is 0 Å². The smallest absolute Gasteiger partial charge is 0.224 e. The van der Waals surface area contributed by atoms with Crippen LogP contribution in [0.5, 0.6) is 11.5 Å². The SMILES string of the molecule is COc1cc2nc(Cl)nc(NC3CCNCC3)c2cc1OC. The second-order valence-electron chi connectivity index (χ2n) is 5.23. The average Bonchev–Trinajstić information content (AvgIpc) is 2.54. The van der Waals surface area contributed by atoms with Crippen LogP contribution in [0.2, 0.25) is 5.28 Å². The van der Waals surface area contributed by atoms with Gasteiger partial charge in [0.2, 0.25) is 5.28 Å². The number of benzene rings is 1. The topological polar surface area (TPSA) is 68.3 Å². The first kappa shape index (κ1) is 15.1. The van der Waals surface area contributed by atoms with Crippen LogP contribution in [0.15, 0.2) is 12.1 Å². The van der Waals surface area contributed by atoms with E-state index in [1.165, 1.54) is 0 Å². The molecular weight excluding hydrogens is 304 g/mol. The summed E-state index contributed by atoms with van der Waals surface area (Å²) < 4.78 is 10.7. The van der Waals surface area contributed by atoms with Gasteiger partial charge in [0, 0.05) is 17.5 Å². The van der Waals surface area contributed by atoms with E-state index in [2.05, 4.69) is 20.6 Å². The summed E-state index contributed by atoms with van der Waals surface area (Å²) in [6.45, 7) is 2.01. The van der Waals surface area contributed by atoms with Crippen molar-refractivity contribution in [1.29, 1.82) is 0 Å². The van der Waals surface area contributed by atoms with E-state index in [9.17, 15) is 0 Å². The Morgan fingerprint density at radius 1 is 1.14 bits per heavy atom. The van der Waals surface area contributed by atoms with Crippen LogP contribution in [0.3, 0.4) is 0 Å². The van der Waals surface area contributed by atoms with Gasteiger partial charge < -0.3 is 20.1 Å². The van der Waals surface area contributed by atoms with E-state index in [4.69, 9.17) is 21.1 Å². The molecule has 2 N–H and O–H groups in total. The predicted octanol–water partition coefficient (Wildman–Crippen LogP) is 2.46. The zero-order valence-electron chi connectivity index (χ0n) is 12.6. The first-order chi connectivity index (χ1) is 10.7. The molecule has 7 heteroatoms. The fraction of sp³-hybridized carbons (Fsp3) is 0.467. The molecule has 0 bridgehead atoms. The molecular formula is C15H19ClN4O2. The van der Waals surface area contributed by atoms with E-state index in [1.54, 1.807) is 14.2 Å². The second kappa shape index (κ2) is 6.54. The standard InChI is InChI=1S/C15H19ClN4O2/c1-21-12-7-10-11(8-13(12)22-2)19-15(16)20-14(10)18-9-3-5-17-6-4-9/h7-9,17H,3-6H2,1-2H3,(H,18,19,20). The molecule has 1 aliphatic rings. The van der Waals surface area contributed by atoms with Gasteiger partial charge in [-0.3, -0.25) is 0 Å². The van der Waals surface area contributed by atoms with Crippen LogP contribution in [-0.2, 0) is 0 Å². The summed E-state index contributed by atoms with van der Waals surface area (Å²) >= 11 is 6.06. The Balaban J connectivity index is 2.03. The van der Waals surface area contributed by atoms with Crippen molar-refractivity contribution in [3.63, 3.8) is 0 Å². The maximum Gasteiger partial charge on any atom is 0.224 e. The van der Waals surface area contributed by atoms with Gasteiger partial charge in [0.05, 0.1) is 19.7 Å². The lowest BCUT2D eigenvalue weighted by Gasteiger charge is -2.24. The summed E-state index contributed by atoms with van der Waals surface area (Å²) in [7, 11) is 3.21. The normalized spacial score (nSPS) is 15.8. The fourth-order valence-electron chi connectivity index (χ4n) is 2.70. The van der Waals surface area contributed by atoms with E-state index in [-0.39, 0.29) is 5.28 Å². The lowest BCUT2D eigenvalue weighted by molar-refractivity contribution is 0.356. The van der Waals surface area contributed by atoms with Crippen molar-refractivity contribution in [3.8, 4) is 11.5 Å². The third kappa shape index (κ3) is 3.03. The molecule has 1 fully saturated rings. The van der Waals surface area contributed by atoms with Crippen LogP contribution < -0.4 is 20.1 Å². The van der Waals surface area contributed by atoms with Gasteiger partial charge in [0.1, 0.15) is 5.82 Å². The van der Waals surface area contributed by atoms with Gasteiger partial charge in [0.25, 0.3) is 0 Å². The van der Waals surface area contributed by atoms with Gasteiger partial charge in [-0.15, -0.1) is 0 Å². The number of nitrogens with zero attached hydrogens (tertiary/aromatic N) is 2. The van der Waals surface area contributed by atoms with Crippen molar-refractivity contribution in [2.45, 2.75) is 18.9 Å². The van der Waals surface area contributed by atoms with Crippen molar-refractivity contribution in [2.24, 2.45) is 0 Å². The molecule has 1 aromatic heterocycles. The lowest BCUT2D eigenvalue weighted by atomic mass is 10.1. The molecule has 0 spiro atoms. The number of aromatic nitrogens is 2. The number of halogens is 1. The van der Waals surface area contributed by atoms with Crippen LogP contribution >= 0.6 is 11.6 Å². The Morgan fingerprint density at radius 2 is 1.82 bits per heavy atom. The number of hydrogen-bond acceptors (Lipinski definition) is 6. The Bertz CT molecular complexity index is 674. The lowest BCUT2D eigenvalue weighted by Crippen LogP contribution is -2.35. The van der Waals surface area contributed by atoms with E-state index in [0.717, 1.165) is 42.7 Å². The zero-order valence-corrected chi connectivity index (χ0v) is 13.4. The van der Waals surface area contributed by atoms with Crippen LogP contribution in [0.4, 0.5) is 5.82 Å². The molecule has 22 heavy (non-hydrogen) atoms. The highest BCUT2D eigenvalue weighted by Crippen LogP contribution is 2.34. The van der Waals surface area contributed by atoms with Gasteiger partial charge in [-0.1, -0.05) is 0 Å². The maximum absolute atomic E-state index is 6.06. The van der Waals surface area contributed by atoms with Gasteiger partial charge in [-0.2, -0.15) is 0 Å². The highest BCUT2D eigenvalue weighted by molar-refractivity contribution is 6.28. The predicted molar refractivity (Wildman–Crippen MR) is 87.2 cm³/mol. The van der Waals surface area contributed by atoms with Crippen molar-refractivity contribution < 1.29 is 9.47 Å². The number of ether oxygens (including phenoxy) is 2. The molecule has 118 valence electrons. The molecule has 1 saturated heterocycles. The summed E-state index contributed by atoms with van der Waals surface area (Å²) in [6.07, 6.45) is 2.10. The minimum atomic E-state index is 0.219. The van der Waals surface area contributed by atoms with Gasteiger partial charge in [-0.05, 0) is 43.6 Å².